The number of nitrogens with zero attached hydrogens (tertiary/aromatic N) is 1. The van der Waals surface area contributed by atoms with Crippen molar-refractivity contribution < 1.29 is 111 Å². The first-order chi connectivity index (χ1) is 57.5. The topological polar surface area (TPSA) is 603 Å². The molecule has 0 unspecified atom stereocenters. The van der Waals surface area contributed by atoms with Crippen LogP contribution in [-0.4, -0.2) is 281 Å². The molecule has 120 heavy (non-hydrogen) atoms. The Morgan fingerprint density at radius 3 is 1.55 bits per heavy atom. The van der Waals surface area contributed by atoms with Gasteiger partial charge in [-0.15, -0.1) is 0 Å². The number of aliphatic carboxylic acids is 1. The number of hydrogen-bond donors (Lipinski definition) is 20. The summed E-state index contributed by atoms with van der Waals surface area (Å²) in [5.74, 6) is -13.8. The fourth-order valence-electron chi connectivity index (χ4n) is 12.7. The predicted molar refractivity (Wildman–Crippen MR) is 436 cm³/mol. The van der Waals surface area contributed by atoms with E-state index in [1.807, 2.05) is 0 Å². The molecule has 9 atom stereocenters. The number of rotatable bonds is 58. The van der Waals surface area contributed by atoms with Gasteiger partial charge in [0.15, 0.2) is 5.96 Å². The number of nitrogens with two attached hydrogens (primary N) is 2. The van der Waals surface area contributed by atoms with Crippen molar-refractivity contribution in [3.63, 3.8) is 0 Å². The van der Waals surface area contributed by atoms with Crippen molar-refractivity contribution in [3.05, 3.63) is 102 Å². The van der Waals surface area contributed by atoms with Gasteiger partial charge in [-0.25, -0.2) is 0 Å². The quantitative estimate of drug-likeness (QED) is 0.0115. The van der Waals surface area contributed by atoms with E-state index < -0.39 is 171 Å². The summed E-state index contributed by atoms with van der Waals surface area (Å²) in [5.41, 5.74) is 13.4. The minimum absolute atomic E-state index is 0.00708. The molecule has 662 valence electrons. The second-order valence-corrected chi connectivity index (χ2v) is 28.9. The van der Waals surface area contributed by atoms with E-state index in [1.165, 1.54) is 31.2 Å². The molecule has 0 radical (unpaired) electrons. The van der Waals surface area contributed by atoms with Crippen LogP contribution in [0, 0.1) is 11.8 Å². The number of guanidine groups is 1. The zero-order valence-corrected chi connectivity index (χ0v) is 68.3. The molecule has 5 rings (SSSR count). The van der Waals surface area contributed by atoms with Crippen molar-refractivity contribution in [2.75, 3.05) is 112 Å². The highest BCUT2D eigenvalue weighted by Crippen LogP contribution is 2.28. The number of ether oxygens (including phenoxy) is 5. The van der Waals surface area contributed by atoms with E-state index in [4.69, 9.17) is 35.2 Å². The number of carboxylic acid groups (broad SMARTS) is 1. The molecule has 0 spiro atoms. The molecule has 0 aliphatic heterocycles. The Morgan fingerprint density at radius 1 is 0.492 bits per heavy atom. The Balaban J connectivity index is 1.33. The summed E-state index contributed by atoms with van der Waals surface area (Å²) in [4.78, 5) is 199. The van der Waals surface area contributed by atoms with Crippen LogP contribution in [-0.2, 0) is 110 Å². The number of benzene rings is 3. The molecular weight excluding hydrogens is 1570 g/mol. The number of aromatic amines is 1. The van der Waals surface area contributed by atoms with Gasteiger partial charge >= 0.3 is 5.97 Å². The van der Waals surface area contributed by atoms with E-state index in [1.54, 1.807) is 81.6 Å². The average molecular weight is 1690 g/mol. The molecular formula is C80H119N17O23. The molecule has 22 N–H and O–H groups in total. The van der Waals surface area contributed by atoms with E-state index in [-0.39, 0.29) is 120 Å². The lowest BCUT2D eigenvalue weighted by molar-refractivity contribution is -0.141. The van der Waals surface area contributed by atoms with Gasteiger partial charge in [0.1, 0.15) is 73.3 Å². The number of aliphatic hydroxyl groups is 2. The highest BCUT2D eigenvalue weighted by atomic mass is 16.5. The first-order valence-electron chi connectivity index (χ1n) is 40.1. The second-order valence-electron chi connectivity index (χ2n) is 28.9. The molecule has 4 aromatic rings. The largest absolute Gasteiger partial charge is 0.508 e. The number of carbonyl (C=O) groups is 14. The molecule has 3 aromatic carbocycles. The van der Waals surface area contributed by atoms with Gasteiger partial charge < -0.3 is 130 Å². The number of phenolic OH excluding ortho intramolecular Hbond substituents is 1. The van der Waals surface area contributed by atoms with Gasteiger partial charge in [0.2, 0.25) is 76.8 Å². The number of phenols is 1. The molecule has 1 fully saturated rings. The van der Waals surface area contributed by atoms with E-state index in [9.17, 15) is 82.8 Å². The van der Waals surface area contributed by atoms with Crippen molar-refractivity contribution in [2.45, 2.75) is 166 Å². The third-order valence-electron chi connectivity index (χ3n) is 18.8. The summed E-state index contributed by atoms with van der Waals surface area (Å²) in [6.07, 6.45) is 3.28. The van der Waals surface area contributed by atoms with Crippen LogP contribution in [0.5, 0.6) is 5.75 Å². The fourth-order valence-corrected chi connectivity index (χ4v) is 12.7. The molecule has 13 amide bonds. The molecule has 1 aliphatic rings. The lowest BCUT2D eigenvalue weighted by Gasteiger charge is -2.30. The van der Waals surface area contributed by atoms with Crippen LogP contribution < -0.4 is 80.6 Å². The maximum absolute atomic E-state index is 15.0. The van der Waals surface area contributed by atoms with Gasteiger partial charge in [-0.3, -0.25) is 72.1 Å². The van der Waals surface area contributed by atoms with Gasteiger partial charge in [-0.05, 0) is 79.3 Å². The molecule has 1 aromatic heterocycles. The first-order valence-corrected chi connectivity index (χ1v) is 40.1. The number of amides is 13. The lowest BCUT2D eigenvalue weighted by atomic mass is 9.84. The number of aromatic nitrogens is 1. The number of nitrogens with one attached hydrogen (secondary N) is 14. The number of aromatic hydroxyl groups is 1. The van der Waals surface area contributed by atoms with Crippen molar-refractivity contribution in [2.24, 2.45) is 28.3 Å². The average Bonchev–Trinajstić information content (AvgIpc) is 1.66. The van der Waals surface area contributed by atoms with Gasteiger partial charge in [0.05, 0.1) is 72.4 Å². The SMILES string of the molecule is CCOCCNC(=O)CNC(=O)[C@H](CO)NC(=O)[C@H](Cc1c[nH]c2ccccc12)NC(=O)[C@H](CC(C)C)NC(=O)[C@H](Cc1ccc(O)cc1)NC(=O)[C@@H](CCCN=C(N)N)NC(=O)[C@@H](CO)NC(=O)[C@H](Cc1ccccc1)NC(=O)[C@H](CC1CCCCC1)NC(=O)[C@H](CC(=O)O)NC(=O)COCC(=O)NCCOCCOCCOCCNC(C)=O. The van der Waals surface area contributed by atoms with Crippen molar-refractivity contribution in [1.82, 2.24) is 74.1 Å². The van der Waals surface area contributed by atoms with Crippen LogP contribution in [0.15, 0.2) is 90.1 Å². The number of para-hydroxylation sites is 1. The smallest absolute Gasteiger partial charge is 0.305 e. The molecule has 1 saturated carbocycles. The zero-order valence-electron chi connectivity index (χ0n) is 68.3. The molecule has 40 nitrogen and oxygen atoms in total. The van der Waals surface area contributed by atoms with Crippen LogP contribution in [0.3, 0.4) is 0 Å². The van der Waals surface area contributed by atoms with E-state index in [2.05, 4.69) is 79.1 Å². The number of fused-ring (bicyclic) bond motifs is 1. The minimum Gasteiger partial charge on any atom is -0.508 e. The maximum atomic E-state index is 15.0. The number of carbonyl (C=O) groups excluding carboxylic acids is 13. The zero-order chi connectivity index (χ0) is 87.7. The normalized spacial score (nSPS) is 14.3. The minimum atomic E-state index is -1.88. The van der Waals surface area contributed by atoms with Gasteiger partial charge in [0, 0.05) is 76.1 Å². The maximum Gasteiger partial charge on any atom is 0.305 e. The first kappa shape index (κ1) is 99.1. The Hall–Kier alpha value is -11.4. The van der Waals surface area contributed by atoms with Crippen LogP contribution in [0.2, 0.25) is 0 Å². The second kappa shape index (κ2) is 55.3. The molecule has 1 aliphatic carbocycles. The third kappa shape index (κ3) is 39.0. The Kier molecular flexibility index (Phi) is 45.7. The Labute approximate surface area is 695 Å². The van der Waals surface area contributed by atoms with Crippen molar-refractivity contribution in [1.29, 1.82) is 0 Å². The van der Waals surface area contributed by atoms with E-state index >= 15 is 4.79 Å². The molecule has 1 heterocycles. The van der Waals surface area contributed by atoms with Gasteiger partial charge in [0.25, 0.3) is 0 Å². The summed E-state index contributed by atoms with van der Waals surface area (Å²) in [6.45, 7) is 5.39. The van der Waals surface area contributed by atoms with Gasteiger partial charge in [-0.2, -0.15) is 0 Å². The molecule has 0 saturated heterocycles. The number of aliphatic hydroxyl groups excluding tert-OH is 2. The molecule has 40 heteroatoms. The number of carboxylic acids is 1. The van der Waals surface area contributed by atoms with E-state index in [0.717, 1.165) is 19.3 Å². The number of hydrogen-bond acceptors (Lipinski definition) is 23. The molecule has 0 bridgehead atoms. The lowest BCUT2D eigenvalue weighted by Crippen LogP contribution is -2.61. The summed E-state index contributed by atoms with van der Waals surface area (Å²) in [6, 6.07) is 6.41. The number of H-pyrrole nitrogens is 1. The number of aliphatic imine (C=N–C) groups is 1. The van der Waals surface area contributed by atoms with Gasteiger partial charge in [-0.1, -0.05) is 107 Å². The van der Waals surface area contributed by atoms with Crippen LogP contribution in [0.1, 0.15) is 109 Å². The summed E-state index contributed by atoms with van der Waals surface area (Å²) in [5, 5.41) is 75.4. The highest BCUT2D eigenvalue weighted by Gasteiger charge is 2.38. The van der Waals surface area contributed by atoms with Crippen LogP contribution >= 0.6 is 0 Å². The Bertz CT molecular complexity index is 3960. The predicted octanol–water partition coefficient (Wildman–Crippen LogP) is -3.62. The standard InChI is InChI=1S/C80H119N17O23/c1-5-116-30-28-84-67(102)44-88-71(107)65(45-98)96-77(113)63(41-54-43-87-57-20-13-12-19-56(54)57)95-73(109)59(37-49(2)3)91-74(110)62(40-53-22-24-55(101)25-23-53)92-72(108)58(21-14-26-86-80(81)82)90-79(115)66(46-99)97-76(112)61(39-52-17-10-7-11-18-52)93-75(111)60(38-51-15-8-6-9-16-51)94-78(114)64(42-70(105)106)89-69(104)48-120-47-68(103)85-29-32-118-34-36-119-35-33-117-31-27-83-50(4)100/h7,10-13,17-20,22-25,43,49,51,58-66,87,98-99,101H,5-6,8-9,14-16,21,26-42,44-48H2,1-4H3,(H,83,100)(H,84,102)(H,85,103)(H,88,107)(H,89,104)(H,90,115)(H,91,110)(H,92,108)(H,93,111)(H,94,114)(H,95,109)(H,96,113)(H,97,112)(H,105,106)(H4,81,82,86)/t58-,59+,60+,61+,62+,63+,64+,65+,66-/m1/s1. The van der Waals surface area contributed by atoms with Crippen LogP contribution in [0.25, 0.3) is 10.9 Å². The van der Waals surface area contributed by atoms with Crippen molar-refractivity contribution >= 4 is 99.6 Å². The summed E-state index contributed by atoms with van der Waals surface area (Å²) >= 11 is 0. The third-order valence-corrected chi connectivity index (χ3v) is 18.8. The van der Waals surface area contributed by atoms with Crippen LogP contribution in [0.4, 0.5) is 0 Å². The Morgan fingerprint density at radius 2 is 0.967 bits per heavy atom. The summed E-state index contributed by atoms with van der Waals surface area (Å²) < 4.78 is 26.7. The fraction of sp³-hybridized carbons (Fsp3) is 0.562. The summed E-state index contributed by atoms with van der Waals surface area (Å²) in [7, 11) is 0. The van der Waals surface area contributed by atoms with E-state index in [0.29, 0.717) is 73.4 Å². The highest BCUT2D eigenvalue weighted by molar-refractivity contribution is 6.00. The van der Waals surface area contributed by atoms with Crippen molar-refractivity contribution in [3.8, 4) is 5.75 Å². The monoisotopic (exact) mass is 1690 g/mol.